The highest BCUT2D eigenvalue weighted by Gasteiger charge is 2.20. The molecule has 0 unspecified atom stereocenters. The second-order valence-corrected chi connectivity index (χ2v) is 15.5. The van der Waals surface area contributed by atoms with E-state index in [1.165, 1.54) is 48.1 Å². The topological polar surface area (TPSA) is 16.4 Å². The summed E-state index contributed by atoms with van der Waals surface area (Å²) in [6, 6.07) is 76.3. The molecule has 11 rings (SSSR count). The van der Waals surface area contributed by atoms with E-state index in [9.17, 15) is 0 Å². The van der Waals surface area contributed by atoms with Gasteiger partial charge in [0.25, 0.3) is 0 Å². The molecule has 0 fully saturated rings. The number of furan rings is 1. The van der Waals surface area contributed by atoms with Crippen molar-refractivity contribution in [3.63, 3.8) is 0 Å². The number of hydrogen-bond donors (Lipinski definition) is 0. The monoisotopic (exact) mass is 745 g/mol. The molecule has 0 saturated heterocycles. The lowest BCUT2D eigenvalue weighted by Crippen LogP contribution is -2.10. The van der Waals surface area contributed by atoms with Gasteiger partial charge in [0.2, 0.25) is 0 Å². The molecule has 0 aliphatic rings. The van der Waals surface area contributed by atoms with Crippen molar-refractivity contribution in [1.82, 2.24) is 0 Å². The van der Waals surface area contributed by atoms with Gasteiger partial charge in [-0.3, -0.25) is 0 Å². The minimum Gasteiger partial charge on any atom is -0.455 e. The summed E-state index contributed by atoms with van der Waals surface area (Å²) in [5.74, 6) is 0. The maximum atomic E-state index is 6.58. The van der Waals surface area contributed by atoms with Crippen LogP contribution >= 0.6 is 11.3 Å². The third-order valence-electron chi connectivity index (χ3n) is 11.1. The lowest BCUT2D eigenvalue weighted by atomic mass is 9.90. The minimum atomic E-state index is 0.901. The van der Waals surface area contributed by atoms with Crippen LogP contribution in [0.5, 0.6) is 0 Å². The standard InChI is InChI=1S/C54H35NOS/c1-3-13-36(14-4-1)37-25-30-41(31-26-37)55(50-22-12-21-48-45-18-8-10-24-52(45)57-54(48)50)42-32-27-38(28-33-42)40-29-34-43(39-15-5-2-6-16-39)49(35-40)47-20-11-19-46-44-17-7-9-23-51(44)56-53(46)47/h1-35H. The Morgan fingerprint density at radius 3 is 1.67 bits per heavy atom. The Morgan fingerprint density at radius 2 is 0.912 bits per heavy atom. The molecule has 11 aromatic rings. The number of hydrogen-bond acceptors (Lipinski definition) is 3. The van der Waals surface area contributed by atoms with Crippen molar-refractivity contribution < 1.29 is 4.42 Å². The second-order valence-electron chi connectivity index (χ2n) is 14.5. The van der Waals surface area contributed by atoms with E-state index in [0.29, 0.717) is 0 Å². The van der Waals surface area contributed by atoms with Crippen molar-refractivity contribution >= 4 is 70.5 Å². The van der Waals surface area contributed by atoms with E-state index >= 15 is 0 Å². The van der Waals surface area contributed by atoms with E-state index < -0.39 is 0 Å². The zero-order valence-corrected chi connectivity index (χ0v) is 31.8. The van der Waals surface area contributed by atoms with Gasteiger partial charge in [-0.2, -0.15) is 0 Å². The zero-order chi connectivity index (χ0) is 37.7. The number of rotatable bonds is 7. The first-order valence-corrected chi connectivity index (χ1v) is 20.1. The summed E-state index contributed by atoms with van der Waals surface area (Å²) in [7, 11) is 0. The highest BCUT2D eigenvalue weighted by molar-refractivity contribution is 7.26. The Morgan fingerprint density at radius 1 is 0.351 bits per heavy atom. The Kier molecular flexibility index (Phi) is 8.04. The van der Waals surface area contributed by atoms with Crippen LogP contribution in [0.4, 0.5) is 17.1 Å². The first-order valence-electron chi connectivity index (χ1n) is 19.3. The summed E-state index contributed by atoms with van der Waals surface area (Å²) in [5.41, 5.74) is 14.5. The molecule has 0 amide bonds. The first-order chi connectivity index (χ1) is 28.3. The summed E-state index contributed by atoms with van der Waals surface area (Å²) in [6.45, 7) is 0. The molecule has 0 spiro atoms. The number of anilines is 3. The van der Waals surface area contributed by atoms with Gasteiger partial charge in [-0.25, -0.2) is 0 Å². The second kappa shape index (κ2) is 13.8. The van der Waals surface area contributed by atoms with Crippen molar-refractivity contribution in [2.24, 2.45) is 0 Å². The summed E-state index contributed by atoms with van der Waals surface area (Å²) < 4.78 is 9.15. The Labute approximate surface area is 335 Å². The van der Waals surface area contributed by atoms with Gasteiger partial charge in [-0.05, 0) is 87.5 Å². The van der Waals surface area contributed by atoms with Gasteiger partial charge in [-0.1, -0.05) is 164 Å². The van der Waals surface area contributed by atoms with E-state index in [4.69, 9.17) is 4.42 Å². The van der Waals surface area contributed by atoms with Crippen LogP contribution in [0, 0.1) is 0 Å². The van der Waals surface area contributed by atoms with Crippen LogP contribution in [0.2, 0.25) is 0 Å². The van der Waals surface area contributed by atoms with Crippen LogP contribution in [0.15, 0.2) is 217 Å². The lowest BCUT2D eigenvalue weighted by Gasteiger charge is -2.26. The fraction of sp³-hybridized carbons (Fsp3) is 0. The van der Waals surface area contributed by atoms with Crippen LogP contribution < -0.4 is 4.90 Å². The normalized spacial score (nSPS) is 11.5. The lowest BCUT2D eigenvalue weighted by molar-refractivity contribution is 0.670. The van der Waals surface area contributed by atoms with Crippen LogP contribution in [0.3, 0.4) is 0 Å². The fourth-order valence-electron chi connectivity index (χ4n) is 8.35. The van der Waals surface area contributed by atoms with Crippen molar-refractivity contribution in [3.8, 4) is 44.5 Å². The first kappa shape index (κ1) is 33.2. The summed E-state index contributed by atoms with van der Waals surface area (Å²) >= 11 is 1.86. The quantitative estimate of drug-likeness (QED) is 0.162. The van der Waals surface area contributed by atoms with Crippen LogP contribution in [-0.2, 0) is 0 Å². The molecule has 9 aromatic carbocycles. The van der Waals surface area contributed by atoms with Gasteiger partial charge in [-0.15, -0.1) is 11.3 Å². The molecule has 57 heavy (non-hydrogen) atoms. The fourth-order valence-corrected chi connectivity index (χ4v) is 9.55. The molecular weight excluding hydrogens is 711 g/mol. The molecular formula is C54H35NOS. The number of nitrogens with zero attached hydrogens (tertiary/aromatic N) is 1. The maximum absolute atomic E-state index is 6.58. The molecule has 268 valence electrons. The molecule has 0 atom stereocenters. The number of benzene rings is 9. The van der Waals surface area contributed by atoms with Gasteiger partial charge in [0, 0.05) is 43.2 Å². The van der Waals surface area contributed by atoms with E-state index in [1.807, 2.05) is 17.4 Å². The average Bonchev–Trinajstić information content (AvgIpc) is 3.87. The van der Waals surface area contributed by atoms with E-state index in [-0.39, 0.29) is 0 Å². The number of thiophene rings is 1. The summed E-state index contributed by atoms with van der Waals surface area (Å²) in [5, 5.41) is 4.83. The smallest absolute Gasteiger partial charge is 0.143 e. The van der Waals surface area contributed by atoms with E-state index in [2.05, 4.69) is 211 Å². The third kappa shape index (κ3) is 5.80. The molecule has 0 saturated carbocycles. The van der Waals surface area contributed by atoms with Gasteiger partial charge < -0.3 is 9.32 Å². The van der Waals surface area contributed by atoms with Crippen LogP contribution in [0.25, 0.3) is 86.6 Å². The average molecular weight is 746 g/mol. The summed E-state index contributed by atoms with van der Waals surface area (Å²) in [4.78, 5) is 2.41. The highest BCUT2D eigenvalue weighted by atomic mass is 32.1. The molecule has 3 heteroatoms. The largest absolute Gasteiger partial charge is 0.455 e. The Hall–Kier alpha value is -7.20. The zero-order valence-electron chi connectivity index (χ0n) is 31.0. The summed E-state index contributed by atoms with van der Waals surface area (Å²) in [6.07, 6.45) is 0. The molecule has 0 bridgehead atoms. The van der Waals surface area contributed by atoms with Crippen molar-refractivity contribution in [2.45, 2.75) is 0 Å². The molecule has 2 heterocycles. The van der Waals surface area contributed by atoms with Crippen molar-refractivity contribution in [3.05, 3.63) is 212 Å². The van der Waals surface area contributed by atoms with Gasteiger partial charge in [0.1, 0.15) is 11.2 Å². The van der Waals surface area contributed by atoms with Gasteiger partial charge in [0.05, 0.1) is 10.4 Å². The molecule has 2 nitrogen and oxygen atoms in total. The predicted octanol–water partition coefficient (Wildman–Crippen LogP) is 16.1. The molecule has 0 N–H and O–H groups in total. The molecule has 2 aromatic heterocycles. The molecule has 0 aliphatic carbocycles. The SMILES string of the molecule is c1ccc(-c2ccc(N(c3ccc(-c4ccc(-c5ccccc5)c(-c5cccc6c5oc5ccccc56)c4)cc3)c3cccc4c3sc3ccccc34)cc2)cc1. The third-order valence-corrected chi connectivity index (χ3v) is 12.3. The Balaban J connectivity index is 1.04. The molecule has 0 aliphatic heterocycles. The predicted molar refractivity (Wildman–Crippen MR) is 243 cm³/mol. The Bertz CT molecular complexity index is 3210. The molecule has 0 radical (unpaired) electrons. The van der Waals surface area contributed by atoms with Crippen LogP contribution in [0.1, 0.15) is 0 Å². The minimum absolute atomic E-state index is 0.901. The van der Waals surface area contributed by atoms with Gasteiger partial charge >= 0.3 is 0 Å². The van der Waals surface area contributed by atoms with Crippen molar-refractivity contribution in [2.75, 3.05) is 4.90 Å². The van der Waals surface area contributed by atoms with Crippen molar-refractivity contribution in [1.29, 1.82) is 0 Å². The number of fused-ring (bicyclic) bond motifs is 6. The van der Waals surface area contributed by atoms with E-state index in [0.717, 1.165) is 55.6 Å². The van der Waals surface area contributed by atoms with Crippen LogP contribution in [-0.4, -0.2) is 0 Å². The van der Waals surface area contributed by atoms with Gasteiger partial charge in [0.15, 0.2) is 0 Å². The van der Waals surface area contributed by atoms with E-state index in [1.54, 1.807) is 0 Å². The number of para-hydroxylation sites is 2. The highest BCUT2D eigenvalue weighted by Crippen LogP contribution is 2.46. The maximum Gasteiger partial charge on any atom is 0.143 e.